The lowest BCUT2D eigenvalue weighted by atomic mass is 10.1. The standard InChI is InChI=1S/C26H23N3O4/c1-18-9-11-19(12-10-18)16-27-25(31)21-6-2-3-7-22(21)28-26(32)23-14-13-20(33-23)17-29-15-5-4-8-24(29)30/h2-15H,16-17H2,1H3,(H,27,31)(H,28,32). The normalized spacial score (nSPS) is 10.6. The molecule has 0 radical (unpaired) electrons. The van der Waals surface area contributed by atoms with Crippen LogP contribution < -0.4 is 16.2 Å². The van der Waals surface area contributed by atoms with E-state index < -0.39 is 5.91 Å². The first-order valence-electron chi connectivity index (χ1n) is 10.5. The second kappa shape index (κ2) is 9.82. The van der Waals surface area contributed by atoms with Crippen LogP contribution in [0.2, 0.25) is 0 Å². The van der Waals surface area contributed by atoms with Gasteiger partial charge in [0.1, 0.15) is 5.76 Å². The van der Waals surface area contributed by atoms with Crippen molar-refractivity contribution in [3.8, 4) is 0 Å². The van der Waals surface area contributed by atoms with E-state index in [0.717, 1.165) is 11.1 Å². The molecule has 2 N–H and O–H groups in total. The van der Waals surface area contributed by atoms with Crippen molar-refractivity contribution >= 4 is 17.5 Å². The highest BCUT2D eigenvalue weighted by molar-refractivity contribution is 6.07. The number of rotatable bonds is 7. The Morgan fingerprint density at radius 1 is 0.879 bits per heavy atom. The number of nitrogens with one attached hydrogen (secondary N) is 2. The molecule has 0 fully saturated rings. The van der Waals surface area contributed by atoms with Gasteiger partial charge in [-0.05, 0) is 42.8 Å². The molecule has 0 saturated carbocycles. The molecule has 4 aromatic rings. The van der Waals surface area contributed by atoms with E-state index in [9.17, 15) is 14.4 Å². The first-order valence-corrected chi connectivity index (χ1v) is 10.5. The van der Waals surface area contributed by atoms with Gasteiger partial charge in [0.25, 0.3) is 17.4 Å². The number of pyridine rings is 1. The van der Waals surface area contributed by atoms with Crippen LogP contribution in [0.4, 0.5) is 5.69 Å². The molecular formula is C26H23N3O4. The Labute approximate surface area is 190 Å². The number of amides is 2. The summed E-state index contributed by atoms with van der Waals surface area (Å²) in [6.45, 7) is 2.59. The van der Waals surface area contributed by atoms with Crippen molar-refractivity contribution in [3.05, 3.63) is 124 Å². The molecule has 0 aliphatic heterocycles. The molecule has 2 amide bonds. The quantitative estimate of drug-likeness (QED) is 0.454. The average molecular weight is 441 g/mol. The van der Waals surface area contributed by atoms with Crippen LogP contribution in [0.5, 0.6) is 0 Å². The molecule has 33 heavy (non-hydrogen) atoms. The fourth-order valence-corrected chi connectivity index (χ4v) is 3.30. The van der Waals surface area contributed by atoms with Crippen LogP contribution in [0.1, 0.15) is 37.8 Å². The molecule has 4 rings (SSSR count). The molecular weight excluding hydrogens is 418 g/mol. The number of aryl methyl sites for hydroxylation is 1. The molecule has 2 aromatic carbocycles. The SMILES string of the molecule is Cc1ccc(CNC(=O)c2ccccc2NC(=O)c2ccc(Cn3ccccc3=O)o2)cc1. The molecule has 0 spiro atoms. The molecule has 0 atom stereocenters. The number of carbonyl (C=O) groups excluding carboxylic acids is 2. The number of para-hydroxylation sites is 1. The van der Waals surface area contributed by atoms with Gasteiger partial charge in [0.15, 0.2) is 5.76 Å². The molecule has 2 heterocycles. The maximum atomic E-state index is 12.7. The number of hydrogen-bond donors (Lipinski definition) is 2. The van der Waals surface area contributed by atoms with Crippen molar-refractivity contribution in [2.75, 3.05) is 5.32 Å². The lowest BCUT2D eigenvalue weighted by Gasteiger charge is -2.11. The largest absolute Gasteiger partial charge is 0.454 e. The van der Waals surface area contributed by atoms with Gasteiger partial charge in [0, 0.05) is 18.8 Å². The lowest BCUT2D eigenvalue weighted by Crippen LogP contribution is -2.24. The Hall–Kier alpha value is -4.39. The predicted octanol–water partition coefficient (Wildman–Crippen LogP) is 3.98. The van der Waals surface area contributed by atoms with E-state index >= 15 is 0 Å². The average Bonchev–Trinajstić information content (AvgIpc) is 3.29. The van der Waals surface area contributed by atoms with E-state index in [1.807, 2.05) is 31.2 Å². The monoisotopic (exact) mass is 441 g/mol. The number of hydrogen-bond acceptors (Lipinski definition) is 4. The van der Waals surface area contributed by atoms with Gasteiger partial charge >= 0.3 is 0 Å². The summed E-state index contributed by atoms with van der Waals surface area (Å²) in [6, 6.07) is 22.7. The number of anilines is 1. The van der Waals surface area contributed by atoms with Crippen LogP contribution >= 0.6 is 0 Å². The van der Waals surface area contributed by atoms with Crippen molar-refractivity contribution in [1.82, 2.24) is 9.88 Å². The number of aromatic nitrogens is 1. The predicted molar refractivity (Wildman–Crippen MR) is 125 cm³/mol. The molecule has 0 aliphatic carbocycles. The van der Waals surface area contributed by atoms with E-state index in [0.29, 0.717) is 23.6 Å². The summed E-state index contributed by atoms with van der Waals surface area (Å²) in [5.74, 6) is -0.225. The summed E-state index contributed by atoms with van der Waals surface area (Å²) >= 11 is 0. The maximum Gasteiger partial charge on any atom is 0.291 e. The minimum atomic E-state index is -0.486. The van der Waals surface area contributed by atoms with Crippen LogP contribution in [0, 0.1) is 6.92 Å². The summed E-state index contributed by atoms with van der Waals surface area (Å²) in [5.41, 5.74) is 2.69. The van der Waals surface area contributed by atoms with Crippen LogP contribution in [0.25, 0.3) is 0 Å². The van der Waals surface area contributed by atoms with Gasteiger partial charge in [-0.2, -0.15) is 0 Å². The third kappa shape index (κ3) is 5.46. The molecule has 0 bridgehead atoms. The van der Waals surface area contributed by atoms with E-state index in [2.05, 4.69) is 10.6 Å². The van der Waals surface area contributed by atoms with Gasteiger partial charge in [0.2, 0.25) is 0 Å². The van der Waals surface area contributed by atoms with Gasteiger partial charge in [-0.25, -0.2) is 0 Å². The summed E-state index contributed by atoms with van der Waals surface area (Å²) in [5, 5.41) is 5.62. The third-order valence-electron chi connectivity index (χ3n) is 5.10. The van der Waals surface area contributed by atoms with Gasteiger partial charge in [-0.3, -0.25) is 14.4 Å². The van der Waals surface area contributed by atoms with Crippen molar-refractivity contribution in [1.29, 1.82) is 0 Å². The van der Waals surface area contributed by atoms with Crippen LogP contribution in [-0.4, -0.2) is 16.4 Å². The highest BCUT2D eigenvalue weighted by Gasteiger charge is 2.16. The number of benzene rings is 2. The smallest absolute Gasteiger partial charge is 0.291 e. The second-order valence-electron chi connectivity index (χ2n) is 7.60. The molecule has 0 aliphatic rings. The minimum absolute atomic E-state index is 0.0869. The first-order chi connectivity index (χ1) is 16.0. The van der Waals surface area contributed by atoms with Gasteiger partial charge in [-0.1, -0.05) is 48.0 Å². The topological polar surface area (TPSA) is 93.3 Å². The fourth-order valence-electron chi connectivity index (χ4n) is 3.30. The maximum absolute atomic E-state index is 12.7. The van der Waals surface area contributed by atoms with Crippen molar-refractivity contribution in [2.24, 2.45) is 0 Å². The Morgan fingerprint density at radius 3 is 2.42 bits per heavy atom. The zero-order valence-electron chi connectivity index (χ0n) is 18.1. The van der Waals surface area contributed by atoms with Gasteiger partial charge < -0.3 is 19.6 Å². The second-order valence-corrected chi connectivity index (χ2v) is 7.60. The summed E-state index contributed by atoms with van der Waals surface area (Å²) < 4.78 is 7.10. The van der Waals surface area contributed by atoms with Crippen LogP contribution in [-0.2, 0) is 13.1 Å². The zero-order valence-corrected chi connectivity index (χ0v) is 18.1. The van der Waals surface area contributed by atoms with Crippen LogP contribution in [0.3, 0.4) is 0 Å². The van der Waals surface area contributed by atoms with E-state index in [1.165, 1.54) is 10.6 Å². The number of furan rings is 1. The van der Waals surface area contributed by atoms with E-state index in [4.69, 9.17) is 4.42 Å². The Bertz CT molecular complexity index is 1340. The molecule has 166 valence electrons. The fraction of sp³-hybridized carbons (Fsp3) is 0.115. The molecule has 2 aromatic heterocycles. The Balaban J connectivity index is 1.43. The molecule has 7 heteroatoms. The van der Waals surface area contributed by atoms with E-state index in [-0.39, 0.29) is 23.8 Å². The summed E-state index contributed by atoms with van der Waals surface area (Å²) in [6.07, 6.45) is 1.65. The third-order valence-corrected chi connectivity index (χ3v) is 5.10. The molecule has 7 nitrogen and oxygen atoms in total. The van der Waals surface area contributed by atoms with Crippen molar-refractivity contribution in [2.45, 2.75) is 20.0 Å². The van der Waals surface area contributed by atoms with Crippen molar-refractivity contribution < 1.29 is 14.0 Å². The van der Waals surface area contributed by atoms with Crippen molar-refractivity contribution in [3.63, 3.8) is 0 Å². The number of nitrogens with zero attached hydrogens (tertiary/aromatic N) is 1. The Kier molecular flexibility index (Phi) is 6.50. The number of carbonyl (C=O) groups is 2. The molecule has 0 saturated heterocycles. The highest BCUT2D eigenvalue weighted by atomic mass is 16.4. The zero-order chi connectivity index (χ0) is 23.2. The lowest BCUT2D eigenvalue weighted by molar-refractivity contribution is 0.0951. The summed E-state index contributed by atoms with van der Waals surface area (Å²) in [4.78, 5) is 37.3. The van der Waals surface area contributed by atoms with E-state index in [1.54, 1.807) is 54.7 Å². The Morgan fingerprint density at radius 2 is 1.64 bits per heavy atom. The van der Waals surface area contributed by atoms with Gasteiger partial charge in [-0.15, -0.1) is 0 Å². The molecule has 0 unspecified atom stereocenters. The minimum Gasteiger partial charge on any atom is -0.454 e. The highest BCUT2D eigenvalue weighted by Crippen LogP contribution is 2.18. The first kappa shape index (κ1) is 21.8. The summed E-state index contributed by atoms with van der Waals surface area (Å²) in [7, 11) is 0. The van der Waals surface area contributed by atoms with Crippen LogP contribution in [0.15, 0.2) is 94.3 Å². The van der Waals surface area contributed by atoms with Gasteiger partial charge in [0.05, 0.1) is 17.8 Å².